The Morgan fingerprint density at radius 1 is 0.837 bits per heavy atom. The molecule has 0 saturated heterocycles. The zero-order valence-electron chi connectivity index (χ0n) is 23.2. The number of nitrogens with zero attached hydrogens (tertiary/aromatic N) is 1. The average Bonchev–Trinajstić information content (AvgIpc) is 3.02. The third kappa shape index (κ3) is 8.29. The third-order valence-electron chi connectivity index (χ3n) is 6.11. The number of amides is 1. The summed E-state index contributed by atoms with van der Waals surface area (Å²) in [6.07, 6.45) is 1.36. The molecule has 1 amide bonds. The number of carbonyl (C=O) groups excluding carboxylic acids is 2. The lowest BCUT2D eigenvalue weighted by molar-refractivity contribution is -0.112. The summed E-state index contributed by atoms with van der Waals surface area (Å²) in [5, 5.41) is 12.6. The van der Waals surface area contributed by atoms with E-state index in [2.05, 4.69) is 10.1 Å². The van der Waals surface area contributed by atoms with Gasteiger partial charge in [-0.25, -0.2) is 4.79 Å². The van der Waals surface area contributed by atoms with E-state index in [4.69, 9.17) is 37.4 Å². The molecule has 4 aromatic rings. The minimum Gasteiger partial charge on any atom is -0.493 e. The second kappa shape index (κ2) is 14.8. The summed E-state index contributed by atoms with van der Waals surface area (Å²) in [7, 11) is 2.84. The molecule has 0 atom stereocenters. The number of rotatable bonds is 11. The molecule has 0 aliphatic rings. The van der Waals surface area contributed by atoms with Crippen LogP contribution in [0.25, 0.3) is 6.08 Å². The van der Waals surface area contributed by atoms with E-state index in [1.807, 2.05) is 42.5 Å². The number of hydrogen-bond acceptors (Lipinski definition) is 7. The van der Waals surface area contributed by atoms with Crippen molar-refractivity contribution in [3.63, 3.8) is 0 Å². The van der Waals surface area contributed by atoms with E-state index < -0.39 is 11.9 Å². The second-order valence-corrected chi connectivity index (χ2v) is 9.87. The Labute approximate surface area is 259 Å². The fourth-order valence-electron chi connectivity index (χ4n) is 3.93. The lowest BCUT2D eigenvalue weighted by Gasteiger charge is -2.14. The number of nitriles is 1. The van der Waals surface area contributed by atoms with Gasteiger partial charge in [0.2, 0.25) is 0 Å². The van der Waals surface area contributed by atoms with Gasteiger partial charge < -0.3 is 24.3 Å². The Bertz CT molecular complexity index is 1660. The smallest absolute Gasteiger partial charge is 0.337 e. The number of esters is 1. The lowest BCUT2D eigenvalue weighted by atomic mass is 10.1. The van der Waals surface area contributed by atoms with Gasteiger partial charge in [-0.2, -0.15) is 5.26 Å². The highest BCUT2D eigenvalue weighted by molar-refractivity contribution is 6.37. The second-order valence-electron chi connectivity index (χ2n) is 9.05. The van der Waals surface area contributed by atoms with E-state index in [0.717, 1.165) is 11.1 Å². The summed E-state index contributed by atoms with van der Waals surface area (Å²) in [6.45, 7) is 0.545. The van der Waals surface area contributed by atoms with Crippen LogP contribution in [0.3, 0.4) is 0 Å². The topological polar surface area (TPSA) is 107 Å². The first-order valence-corrected chi connectivity index (χ1v) is 13.6. The number of carbonyl (C=O) groups is 2. The van der Waals surface area contributed by atoms with Crippen LogP contribution in [0.4, 0.5) is 5.69 Å². The molecule has 0 aliphatic heterocycles. The molecule has 0 aliphatic carbocycles. The van der Waals surface area contributed by atoms with Gasteiger partial charge in [0.25, 0.3) is 5.91 Å². The van der Waals surface area contributed by atoms with Crippen molar-refractivity contribution in [1.82, 2.24) is 0 Å². The first-order chi connectivity index (χ1) is 20.8. The van der Waals surface area contributed by atoms with Crippen LogP contribution >= 0.6 is 23.2 Å². The fourth-order valence-corrected chi connectivity index (χ4v) is 4.55. The molecule has 0 bridgehead atoms. The Morgan fingerprint density at radius 2 is 1.51 bits per heavy atom. The quantitative estimate of drug-likeness (QED) is 0.106. The molecule has 0 spiro atoms. The van der Waals surface area contributed by atoms with Crippen LogP contribution in [-0.2, 0) is 22.7 Å². The van der Waals surface area contributed by atoms with Gasteiger partial charge >= 0.3 is 5.97 Å². The molecule has 0 heterocycles. The molecule has 1 N–H and O–H groups in total. The van der Waals surface area contributed by atoms with Gasteiger partial charge in [0.15, 0.2) is 17.2 Å². The van der Waals surface area contributed by atoms with Crippen LogP contribution < -0.4 is 19.5 Å². The van der Waals surface area contributed by atoms with Crippen LogP contribution in [0.5, 0.6) is 17.2 Å². The monoisotopic (exact) mass is 616 g/mol. The zero-order chi connectivity index (χ0) is 30.8. The summed E-state index contributed by atoms with van der Waals surface area (Å²) in [6, 6.07) is 26.3. The van der Waals surface area contributed by atoms with Crippen molar-refractivity contribution in [2.24, 2.45) is 0 Å². The van der Waals surface area contributed by atoms with Crippen molar-refractivity contribution in [2.45, 2.75) is 13.2 Å². The zero-order valence-corrected chi connectivity index (χ0v) is 24.7. The lowest BCUT2D eigenvalue weighted by Crippen LogP contribution is -2.13. The summed E-state index contributed by atoms with van der Waals surface area (Å²) in [5.41, 5.74) is 2.80. The molecule has 0 unspecified atom stereocenters. The summed E-state index contributed by atoms with van der Waals surface area (Å²) >= 11 is 12.9. The molecule has 43 heavy (non-hydrogen) atoms. The van der Waals surface area contributed by atoms with E-state index >= 15 is 0 Å². The van der Waals surface area contributed by atoms with Crippen LogP contribution in [0.15, 0.2) is 90.5 Å². The maximum Gasteiger partial charge on any atom is 0.337 e. The summed E-state index contributed by atoms with van der Waals surface area (Å²) in [4.78, 5) is 24.3. The number of hydrogen-bond donors (Lipinski definition) is 1. The van der Waals surface area contributed by atoms with E-state index in [9.17, 15) is 14.9 Å². The highest BCUT2D eigenvalue weighted by Gasteiger charge is 2.15. The maximum absolute atomic E-state index is 12.7. The normalized spacial score (nSPS) is 10.8. The highest BCUT2D eigenvalue weighted by atomic mass is 35.5. The largest absolute Gasteiger partial charge is 0.493 e. The minimum atomic E-state index is -0.647. The molecule has 4 aromatic carbocycles. The summed E-state index contributed by atoms with van der Waals surface area (Å²) < 4.78 is 22.0. The number of halogens is 2. The van der Waals surface area contributed by atoms with Gasteiger partial charge in [0.1, 0.15) is 24.9 Å². The maximum atomic E-state index is 12.7. The van der Waals surface area contributed by atoms with Crippen molar-refractivity contribution < 1.29 is 28.5 Å². The Morgan fingerprint density at radius 3 is 2.14 bits per heavy atom. The van der Waals surface area contributed by atoms with E-state index in [1.54, 1.807) is 31.4 Å². The molecule has 10 heteroatoms. The van der Waals surface area contributed by atoms with Crippen molar-refractivity contribution in [3.05, 3.63) is 123 Å². The summed E-state index contributed by atoms with van der Waals surface area (Å²) in [5.74, 6) is 0.247. The molecule has 8 nitrogen and oxygen atoms in total. The molecule has 0 aromatic heterocycles. The van der Waals surface area contributed by atoms with Gasteiger partial charge in [0.05, 0.1) is 29.8 Å². The van der Waals surface area contributed by atoms with E-state index in [0.29, 0.717) is 34.9 Å². The molecule has 218 valence electrons. The van der Waals surface area contributed by atoms with Gasteiger partial charge in [-0.1, -0.05) is 59.6 Å². The number of methoxy groups -OCH3 is 2. The van der Waals surface area contributed by atoms with Crippen molar-refractivity contribution in [2.75, 3.05) is 19.5 Å². The van der Waals surface area contributed by atoms with Crippen LogP contribution in [-0.4, -0.2) is 26.1 Å². The fraction of sp³-hybridized carbons (Fsp3) is 0.121. The van der Waals surface area contributed by atoms with Crippen molar-refractivity contribution >= 4 is 46.8 Å². The van der Waals surface area contributed by atoms with Gasteiger partial charge in [-0.15, -0.1) is 0 Å². The van der Waals surface area contributed by atoms with Crippen LogP contribution in [0, 0.1) is 11.3 Å². The average molecular weight is 617 g/mol. The van der Waals surface area contributed by atoms with Crippen molar-refractivity contribution in [1.29, 1.82) is 5.26 Å². The number of anilines is 1. The third-order valence-corrected chi connectivity index (χ3v) is 6.67. The molecule has 0 saturated carbocycles. The van der Waals surface area contributed by atoms with Crippen molar-refractivity contribution in [3.8, 4) is 23.3 Å². The van der Waals surface area contributed by atoms with Gasteiger partial charge in [-0.3, -0.25) is 4.79 Å². The first kappa shape index (κ1) is 31.0. The van der Waals surface area contributed by atoms with Gasteiger partial charge in [-0.05, 0) is 71.3 Å². The molecular weight excluding hydrogens is 591 g/mol. The standard InChI is InChI=1S/C33H26Cl2N2O6/c1-40-30-17-22(8-13-29(30)42-19-21-6-4-3-5-7-21)20-43-31-27(34)15-23(16-28(31)35)14-25(18-36)32(38)37-26-11-9-24(10-12-26)33(39)41-2/h3-17H,19-20H2,1-2H3,(H,37,38)/b25-14-. The minimum absolute atomic E-state index is 0.143. The number of nitrogens with one attached hydrogen (secondary N) is 1. The Balaban J connectivity index is 1.42. The number of ether oxygens (including phenoxy) is 4. The number of benzene rings is 4. The SMILES string of the molecule is COC(=O)c1ccc(NC(=O)/C(C#N)=C\c2cc(Cl)c(OCc3ccc(OCc4ccccc4)c(OC)c3)c(Cl)c2)cc1. The molecular formula is C33H26Cl2N2O6. The Kier molecular flexibility index (Phi) is 10.6. The molecule has 4 rings (SSSR count). The van der Waals surface area contributed by atoms with E-state index in [-0.39, 0.29) is 28.0 Å². The van der Waals surface area contributed by atoms with Gasteiger partial charge in [0, 0.05) is 5.69 Å². The molecule has 0 radical (unpaired) electrons. The molecule has 0 fully saturated rings. The van der Waals surface area contributed by atoms with Crippen LogP contribution in [0.1, 0.15) is 27.0 Å². The predicted molar refractivity (Wildman–Crippen MR) is 165 cm³/mol. The van der Waals surface area contributed by atoms with E-state index in [1.165, 1.54) is 37.5 Å². The highest BCUT2D eigenvalue weighted by Crippen LogP contribution is 2.36. The predicted octanol–water partition coefficient (Wildman–Crippen LogP) is 7.49. The first-order valence-electron chi connectivity index (χ1n) is 12.9. The Hall–Kier alpha value is -4.97. The van der Waals surface area contributed by atoms with Crippen LogP contribution in [0.2, 0.25) is 10.0 Å².